The third-order valence-electron chi connectivity index (χ3n) is 6.70. The molecule has 0 N–H and O–H groups in total. The zero-order valence-corrected chi connectivity index (χ0v) is 19.6. The van der Waals surface area contributed by atoms with E-state index in [2.05, 4.69) is 28.1 Å². The molecule has 1 aliphatic heterocycles. The number of Topliss-reactive ketones (excluding diaryl/α,β-unsaturated/α-hetero) is 1. The number of ketones is 1. The van der Waals surface area contributed by atoms with Crippen LogP contribution in [0.5, 0.6) is 10.9 Å². The van der Waals surface area contributed by atoms with Crippen LogP contribution < -0.4 is 4.74 Å². The summed E-state index contributed by atoms with van der Waals surface area (Å²) in [7, 11) is 0. The van der Waals surface area contributed by atoms with E-state index >= 15 is 0 Å². The first-order chi connectivity index (χ1) is 16.1. The van der Waals surface area contributed by atoms with Crippen LogP contribution in [0.25, 0.3) is 10.2 Å². The molecule has 1 saturated heterocycles. The smallest absolute Gasteiger partial charge is 0.279 e. The van der Waals surface area contributed by atoms with Crippen molar-refractivity contribution in [2.24, 2.45) is 5.92 Å². The Labute approximate surface area is 198 Å². The van der Waals surface area contributed by atoms with Gasteiger partial charge in [0.25, 0.3) is 5.19 Å². The Bertz CT molecular complexity index is 1090. The van der Waals surface area contributed by atoms with Gasteiger partial charge in [0.15, 0.2) is 0 Å². The molecule has 2 heterocycles. The summed E-state index contributed by atoms with van der Waals surface area (Å²) in [5.74, 6) is 1.19. The number of benzene rings is 2. The molecule has 1 atom stereocenters. The Morgan fingerprint density at radius 2 is 1.85 bits per heavy atom. The van der Waals surface area contributed by atoms with Gasteiger partial charge in [0.2, 0.25) is 5.91 Å². The molecule has 3 aromatic rings. The minimum absolute atomic E-state index is 0.0304. The van der Waals surface area contributed by atoms with Crippen LogP contribution in [-0.2, 0) is 16.0 Å². The van der Waals surface area contributed by atoms with Crippen LogP contribution in [0.3, 0.4) is 0 Å². The summed E-state index contributed by atoms with van der Waals surface area (Å²) < 4.78 is 7.06. The lowest BCUT2D eigenvalue weighted by atomic mass is 10.0. The number of hydrogen-bond acceptors (Lipinski definition) is 6. The average molecular weight is 464 g/mol. The number of nitrogens with zero attached hydrogens (tertiary/aromatic N) is 3. The molecular formula is C26H29N3O3S. The molecule has 1 saturated carbocycles. The summed E-state index contributed by atoms with van der Waals surface area (Å²) in [6, 6.07) is 16.3. The SMILES string of the molecule is O=C1CCCC1CC(=O)N1CCN(CCc2ccc(Oc3nc4ccccc4s3)cc2)CC1. The lowest BCUT2D eigenvalue weighted by molar-refractivity contribution is -0.136. The summed E-state index contributed by atoms with van der Waals surface area (Å²) in [5.41, 5.74) is 2.23. The van der Waals surface area contributed by atoms with E-state index in [0.29, 0.717) is 18.0 Å². The average Bonchev–Trinajstić information content (AvgIpc) is 3.44. The summed E-state index contributed by atoms with van der Waals surface area (Å²) >= 11 is 1.55. The van der Waals surface area contributed by atoms with Gasteiger partial charge in [-0.2, -0.15) is 0 Å². The number of piperazine rings is 1. The number of para-hydroxylation sites is 1. The number of aromatic nitrogens is 1. The molecule has 2 aromatic carbocycles. The molecule has 6 nitrogen and oxygen atoms in total. The van der Waals surface area contributed by atoms with Crippen molar-refractivity contribution in [2.45, 2.75) is 32.1 Å². The maximum absolute atomic E-state index is 12.5. The maximum Gasteiger partial charge on any atom is 0.279 e. The molecule has 2 fully saturated rings. The summed E-state index contributed by atoms with van der Waals surface area (Å²) in [6.07, 6.45) is 3.85. The third-order valence-corrected chi connectivity index (χ3v) is 7.61. The Hall–Kier alpha value is -2.77. The van der Waals surface area contributed by atoms with Crippen LogP contribution in [0.2, 0.25) is 0 Å². The summed E-state index contributed by atoms with van der Waals surface area (Å²) in [4.78, 5) is 33.2. The highest BCUT2D eigenvalue weighted by atomic mass is 32.1. The van der Waals surface area contributed by atoms with Gasteiger partial charge in [0.05, 0.1) is 10.2 Å². The Kier molecular flexibility index (Phi) is 6.69. The predicted octanol–water partition coefficient (Wildman–Crippen LogP) is 4.53. The van der Waals surface area contributed by atoms with E-state index in [1.54, 1.807) is 11.3 Å². The monoisotopic (exact) mass is 463 g/mol. The van der Waals surface area contributed by atoms with Crippen LogP contribution in [0, 0.1) is 5.92 Å². The van der Waals surface area contributed by atoms with Crippen molar-refractivity contribution in [3.8, 4) is 10.9 Å². The fraction of sp³-hybridized carbons (Fsp3) is 0.423. The first-order valence-electron chi connectivity index (χ1n) is 11.8. The lowest BCUT2D eigenvalue weighted by Gasteiger charge is -2.35. The van der Waals surface area contributed by atoms with E-state index < -0.39 is 0 Å². The normalized spacial score (nSPS) is 19.3. The molecule has 1 unspecified atom stereocenters. The minimum Gasteiger partial charge on any atom is -0.431 e. The standard InChI is InChI=1S/C26H29N3O3S/c30-23-6-3-4-20(23)18-25(31)29-16-14-28(15-17-29)13-12-19-8-10-21(11-9-19)32-26-27-22-5-1-2-7-24(22)33-26/h1-2,5,7-11,20H,3-4,6,12-18H2. The molecule has 1 amide bonds. The second kappa shape index (κ2) is 10.0. The lowest BCUT2D eigenvalue weighted by Crippen LogP contribution is -2.49. The Balaban J connectivity index is 1.06. The number of carbonyl (C=O) groups excluding carboxylic acids is 2. The third kappa shape index (κ3) is 5.42. The van der Waals surface area contributed by atoms with Crippen molar-refractivity contribution in [3.05, 3.63) is 54.1 Å². The van der Waals surface area contributed by atoms with E-state index in [1.165, 1.54) is 5.56 Å². The first-order valence-corrected chi connectivity index (χ1v) is 12.6. The molecule has 1 aliphatic carbocycles. The summed E-state index contributed by atoms with van der Waals surface area (Å²) in [6.45, 7) is 4.27. The number of amides is 1. The number of carbonyl (C=O) groups is 2. The van der Waals surface area contributed by atoms with Crippen LogP contribution in [0.1, 0.15) is 31.2 Å². The van der Waals surface area contributed by atoms with E-state index in [1.807, 2.05) is 35.2 Å². The quantitative estimate of drug-likeness (QED) is 0.515. The van der Waals surface area contributed by atoms with Crippen molar-refractivity contribution in [1.29, 1.82) is 0 Å². The molecular weight excluding hydrogens is 434 g/mol. The molecule has 5 rings (SSSR count). The second-order valence-electron chi connectivity index (χ2n) is 8.93. The van der Waals surface area contributed by atoms with Gasteiger partial charge in [-0.15, -0.1) is 0 Å². The first kappa shape index (κ1) is 22.0. The van der Waals surface area contributed by atoms with E-state index in [-0.39, 0.29) is 17.6 Å². The van der Waals surface area contributed by atoms with Gasteiger partial charge in [0, 0.05) is 51.5 Å². The number of thiazole rings is 1. The number of fused-ring (bicyclic) bond motifs is 1. The predicted molar refractivity (Wildman–Crippen MR) is 130 cm³/mol. The van der Waals surface area contributed by atoms with Gasteiger partial charge in [0.1, 0.15) is 11.5 Å². The van der Waals surface area contributed by atoms with Crippen LogP contribution in [0.4, 0.5) is 0 Å². The van der Waals surface area contributed by atoms with Gasteiger partial charge < -0.3 is 9.64 Å². The molecule has 2 aliphatic rings. The fourth-order valence-electron chi connectivity index (χ4n) is 4.67. The van der Waals surface area contributed by atoms with Gasteiger partial charge >= 0.3 is 0 Å². The van der Waals surface area contributed by atoms with Crippen molar-refractivity contribution >= 4 is 33.2 Å². The van der Waals surface area contributed by atoms with Gasteiger partial charge in [-0.3, -0.25) is 14.5 Å². The van der Waals surface area contributed by atoms with Crippen molar-refractivity contribution in [3.63, 3.8) is 0 Å². The molecule has 1 aromatic heterocycles. The van der Waals surface area contributed by atoms with Crippen LogP contribution >= 0.6 is 11.3 Å². The number of rotatable bonds is 7. The number of ether oxygens (including phenoxy) is 1. The zero-order valence-electron chi connectivity index (χ0n) is 18.7. The maximum atomic E-state index is 12.5. The van der Waals surface area contributed by atoms with Gasteiger partial charge in [-0.05, 0) is 49.1 Å². The van der Waals surface area contributed by atoms with Crippen molar-refractivity contribution < 1.29 is 14.3 Å². The van der Waals surface area contributed by atoms with Crippen LogP contribution in [-0.4, -0.2) is 59.2 Å². The highest BCUT2D eigenvalue weighted by Gasteiger charge is 2.29. The minimum atomic E-state index is -0.0304. The van der Waals surface area contributed by atoms with Crippen molar-refractivity contribution in [1.82, 2.24) is 14.8 Å². The van der Waals surface area contributed by atoms with E-state index in [9.17, 15) is 9.59 Å². The fourth-order valence-corrected chi connectivity index (χ4v) is 5.51. The largest absolute Gasteiger partial charge is 0.431 e. The zero-order chi connectivity index (χ0) is 22.6. The number of hydrogen-bond donors (Lipinski definition) is 0. The Morgan fingerprint density at radius 3 is 2.58 bits per heavy atom. The van der Waals surface area contributed by atoms with Gasteiger partial charge in [-0.25, -0.2) is 4.98 Å². The topological polar surface area (TPSA) is 62.7 Å². The Morgan fingerprint density at radius 1 is 1.06 bits per heavy atom. The second-order valence-corrected chi connectivity index (χ2v) is 9.92. The molecule has 0 spiro atoms. The van der Waals surface area contributed by atoms with E-state index in [0.717, 1.165) is 68.0 Å². The molecule has 7 heteroatoms. The molecule has 0 bridgehead atoms. The molecule has 33 heavy (non-hydrogen) atoms. The molecule has 172 valence electrons. The summed E-state index contributed by atoms with van der Waals surface area (Å²) in [5, 5.41) is 0.661. The molecule has 0 radical (unpaired) electrons. The van der Waals surface area contributed by atoms with Gasteiger partial charge in [-0.1, -0.05) is 35.6 Å². The van der Waals surface area contributed by atoms with Crippen LogP contribution in [0.15, 0.2) is 48.5 Å². The van der Waals surface area contributed by atoms with Crippen molar-refractivity contribution in [2.75, 3.05) is 32.7 Å². The highest BCUT2D eigenvalue weighted by Crippen LogP contribution is 2.31. The van der Waals surface area contributed by atoms with E-state index in [4.69, 9.17) is 4.74 Å². The highest BCUT2D eigenvalue weighted by molar-refractivity contribution is 7.20.